The molecular formula is C15H15N3O3. The minimum atomic E-state index is -0.298. The van der Waals surface area contributed by atoms with Crippen molar-refractivity contribution in [3.8, 4) is 11.8 Å². The molecule has 0 saturated carbocycles. The Bertz CT molecular complexity index is 658. The standard InChI is InChI=1S/C15H15N3O3/c16-9-12-5-6-13(18-12)15(20)17-10-11-3-1-2-4-14(11)21-8-7-19/h1-6,18-19H,7-8,10H2,(H,17,20). The summed E-state index contributed by atoms with van der Waals surface area (Å²) in [6.07, 6.45) is 0. The Morgan fingerprint density at radius 3 is 2.86 bits per heavy atom. The minimum absolute atomic E-state index is 0.0693. The first-order chi connectivity index (χ1) is 10.2. The molecule has 1 heterocycles. The van der Waals surface area contributed by atoms with Crippen LogP contribution >= 0.6 is 0 Å². The number of aliphatic hydroxyl groups excluding tert-OH is 1. The first kappa shape index (κ1) is 14.6. The fraction of sp³-hybridized carbons (Fsp3) is 0.200. The number of hydrogen-bond acceptors (Lipinski definition) is 4. The monoisotopic (exact) mass is 285 g/mol. The van der Waals surface area contributed by atoms with Crippen LogP contribution in [0, 0.1) is 11.3 Å². The van der Waals surface area contributed by atoms with E-state index in [9.17, 15) is 4.79 Å². The smallest absolute Gasteiger partial charge is 0.267 e. The number of carbonyl (C=O) groups excluding carboxylic acids is 1. The van der Waals surface area contributed by atoms with E-state index in [1.807, 2.05) is 24.3 Å². The maximum Gasteiger partial charge on any atom is 0.267 e. The highest BCUT2D eigenvalue weighted by molar-refractivity contribution is 5.92. The van der Waals surface area contributed by atoms with Gasteiger partial charge >= 0.3 is 0 Å². The lowest BCUT2D eigenvalue weighted by Crippen LogP contribution is -2.23. The van der Waals surface area contributed by atoms with Crippen LogP contribution in [0.5, 0.6) is 5.75 Å². The molecule has 108 valence electrons. The summed E-state index contributed by atoms with van der Waals surface area (Å²) in [5.74, 6) is 0.324. The van der Waals surface area contributed by atoms with Gasteiger partial charge in [-0.3, -0.25) is 4.79 Å². The van der Waals surface area contributed by atoms with Gasteiger partial charge in [-0.2, -0.15) is 5.26 Å². The number of nitrogens with zero attached hydrogens (tertiary/aromatic N) is 1. The average molecular weight is 285 g/mol. The van der Waals surface area contributed by atoms with Crippen molar-refractivity contribution in [2.45, 2.75) is 6.54 Å². The number of para-hydroxylation sites is 1. The third-order valence-electron chi connectivity index (χ3n) is 2.81. The zero-order chi connectivity index (χ0) is 15.1. The Kier molecular flexibility index (Phi) is 4.96. The van der Waals surface area contributed by atoms with Gasteiger partial charge in [-0.05, 0) is 18.2 Å². The molecule has 3 N–H and O–H groups in total. The van der Waals surface area contributed by atoms with Crippen molar-refractivity contribution < 1.29 is 14.6 Å². The summed E-state index contributed by atoms with van der Waals surface area (Å²) in [6.45, 7) is 0.425. The second-order valence-electron chi connectivity index (χ2n) is 4.26. The molecule has 2 aromatic rings. The zero-order valence-corrected chi connectivity index (χ0v) is 11.3. The van der Waals surface area contributed by atoms with Gasteiger partial charge in [-0.15, -0.1) is 0 Å². The van der Waals surface area contributed by atoms with Gasteiger partial charge < -0.3 is 20.1 Å². The van der Waals surface area contributed by atoms with Crippen molar-refractivity contribution in [2.24, 2.45) is 0 Å². The second kappa shape index (κ2) is 7.12. The normalized spacial score (nSPS) is 9.90. The van der Waals surface area contributed by atoms with E-state index in [1.54, 1.807) is 18.2 Å². The lowest BCUT2D eigenvalue weighted by Gasteiger charge is -2.11. The number of nitrogens with one attached hydrogen (secondary N) is 2. The van der Waals surface area contributed by atoms with E-state index in [0.29, 0.717) is 23.7 Å². The Labute approximate surface area is 122 Å². The van der Waals surface area contributed by atoms with Gasteiger partial charge in [-0.1, -0.05) is 18.2 Å². The molecule has 0 atom stereocenters. The van der Waals surface area contributed by atoms with Crippen LogP contribution in [0.4, 0.5) is 0 Å². The van der Waals surface area contributed by atoms with Crippen LogP contribution in [0.1, 0.15) is 21.7 Å². The van der Waals surface area contributed by atoms with Crippen LogP contribution in [0.2, 0.25) is 0 Å². The van der Waals surface area contributed by atoms with Crippen LogP contribution in [0.15, 0.2) is 36.4 Å². The molecule has 0 fully saturated rings. The summed E-state index contributed by atoms with van der Waals surface area (Å²) in [7, 11) is 0. The molecule has 1 aromatic heterocycles. The highest BCUT2D eigenvalue weighted by Crippen LogP contribution is 2.17. The Hall–Kier alpha value is -2.78. The number of aromatic nitrogens is 1. The van der Waals surface area contributed by atoms with Gasteiger partial charge in [0.25, 0.3) is 5.91 Å². The van der Waals surface area contributed by atoms with Crippen LogP contribution in [0.3, 0.4) is 0 Å². The fourth-order valence-corrected chi connectivity index (χ4v) is 1.81. The zero-order valence-electron chi connectivity index (χ0n) is 11.3. The first-order valence-corrected chi connectivity index (χ1v) is 6.43. The molecule has 6 heteroatoms. The summed E-state index contributed by atoms with van der Waals surface area (Å²) in [5.41, 5.74) is 1.48. The molecule has 0 unspecified atom stereocenters. The van der Waals surface area contributed by atoms with E-state index < -0.39 is 0 Å². The van der Waals surface area contributed by atoms with Gasteiger partial charge in [0.1, 0.15) is 29.8 Å². The average Bonchev–Trinajstić information content (AvgIpc) is 3.00. The van der Waals surface area contributed by atoms with E-state index in [2.05, 4.69) is 10.3 Å². The third kappa shape index (κ3) is 3.84. The molecule has 2 rings (SSSR count). The van der Waals surface area contributed by atoms with Crippen molar-refractivity contribution in [3.05, 3.63) is 53.3 Å². The molecule has 0 aliphatic rings. The predicted octanol–water partition coefficient (Wildman–Crippen LogP) is 1.19. The number of carbonyl (C=O) groups is 1. The number of aliphatic hydroxyl groups is 1. The quantitative estimate of drug-likeness (QED) is 0.742. The second-order valence-corrected chi connectivity index (χ2v) is 4.26. The van der Waals surface area contributed by atoms with Crippen LogP contribution in [-0.4, -0.2) is 29.2 Å². The first-order valence-electron chi connectivity index (χ1n) is 6.43. The molecule has 0 aliphatic carbocycles. The third-order valence-corrected chi connectivity index (χ3v) is 2.81. The molecule has 21 heavy (non-hydrogen) atoms. The topological polar surface area (TPSA) is 98.1 Å². The summed E-state index contributed by atoms with van der Waals surface area (Å²) in [6, 6.07) is 12.3. The largest absolute Gasteiger partial charge is 0.491 e. The van der Waals surface area contributed by atoms with Crippen LogP contribution < -0.4 is 10.1 Å². The Morgan fingerprint density at radius 2 is 2.14 bits per heavy atom. The van der Waals surface area contributed by atoms with Gasteiger partial charge in [-0.25, -0.2) is 0 Å². The number of hydrogen-bond donors (Lipinski definition) is 3. The van der Waals surface area contributed by atoms with Crippen molar-refractivity contribution >= 4 is 5.91 Å². The number of amides is 1. The molecule has 0 bridgehead atoms. The number of nitriles is 1. The fourth-order valence-electron chi connectivity index (χ4n) is 1.81. The maximum absolute atomic E-state index is 11.9. The summed E-state index contributed by atoms with van der Waals surface area (Å²) >= 11 is 0. The van der Waals surface area contributed by atoms with E-state index in [1.165, 1.54) is 0 Å². The summed E-state index contributed by atoms with van der Waals surface area (Å²) in [4.78, 5) is 14.7. The van der Waals surface area contributed by atoms with Gasteiger partial charge in [0, 0.05) is 12.1 Å². The van der Waals surface area contributed by atoms with Crippen LogP contribution in [0.25, 0.3) is 0 Å². The number of benzene rings is 1. The lowest BCUT2D eigenvalue weighted by molar-refractivity contribution is 0.0946. The van der Waals surface area contributed by atoms with Gasteiger partial charge in [0.2, 0.25) is 0 Å². The van der Waals surface area contributed by atoms with E-state index in [0.717, 1.165) is 5.56 Å². The van der Waals surface area contributed by atoms with Gasteiger partial charge in [0.15, 0.2) is 0 Å². The van der Waals surface area contributed by atoms with Gasteiger partial charge in [0.05, 0.1) is 6.61 Å². The van der Waals surface area contributed by atoms with Crippen molar-refractivity contribution in [2.75, 3.05) is 13.2 Å². The molecule has 0 spiro atoms. The summed E-state index contributed by atoms with van der Waals surface area (Å²) in [5, 5.41) is 20.2. The SMILES string of the molecule is N#Cc1ccc(C(=O)NCc2ccccc2OCCO)[nH]1. The van der Waals surface area contributed by atoms with Crippen molar-refractivity contribution in [1.82, 2.24) is 10.3 Å². The number of rotatable bonds is 6. The molecule has 6 nitrogen and oxygen atoms in total. The number of aromatic amines is 1. The van der Waals surface area contributed by atoms with Crippen LogP contribution in [-0.2, 0) is 6.54 Å². The molecular weight excluding hydrogens is 270 g/mol. The number of ether oxygens (including phenoxy) is 1. The molecule has 0 radical (unpaired) electrons. The molecule has 0 aliphatic heterocycles. The summed E-state index contributed by atoms with van der Waals surface area (Å²) < 4.78 is 5.39. The van der Waals surface area contributed by atoms with E-state index >= 15 is 0 Å². The highest BCUT2D eigenvalue weighted by atomic mass is 16.5. The Morgan fingerprint density at radius 1 is 1.33 bits per heavy atom. The maximum atomic E-state index is 11.9. The predicted molar refractivity (Wildman–Crippen MR) is 75.7 cm³/mol. The van der Waals surface area contributed by atoms with E-state index in [4.69, 9.17) is 15.1 Å². The molecule has 1 aromatic carbocycles. The lowest BCUT2D eigenvalue weighted by atomic mass is 10.2. The molecule has 1 amide bonds. The Balaban J connectivity index is 1.99. The van der Waals surface area contributed by atoms with Crippen molar-refractivity contribution in [3.63, 3.8) is 0 Å². The van der Waals surface area contributed by atoms with E-state index in [-0.39, 0.29) is 19.1 Å². The molecule has 0 saturated heterocycles. The number of H-pyrrole nitrogens is 1. The van der Waals surface area contributed by atoms with Crippen molar-refractivity contribution in [1.29, 1.82) is 5.26 Å². The highest BCUT2D eigenvalue weighted by Gasteiger charge is 2.09. The minimum Gasteiger partial charge on any atom is -0.491 e.